The zero-order valence-electron chi connectivity index (χ0n) is 8.31. The number of nitrogens with zero attached hydrogens (tertiary/aromatic N) is 3. The topological polar surface area (TPSA) is 44.8 Å². The highest BCUT2D eigenvalue weighted by atomic mass is 32.1. The fourth-order valence-electron chi connectivity index (χ4n) is 1.93. The summed E-state index contributed by atoms with van der Waals surface area (Å²) < 4.78 is 0. The second-order valence-corrected chi connectivity index (χ2v) is 4.69. The quantitative estimate of drug-likeness (QED) is 0.832. The van der Waals surface area contributed by atoms with Gasteiger partial charge in [0.25, 0.3) is 0 Å². The van der Waals surface area contributed by atoms with Crippen LogP contribution in [0.4, 0.5) is 0 Å². The molecule has 0 unspecified atom stereocenters. The van der Waals surface area contributed by atoms with Crippen LogP contribution in [0.15, 0.2) is 17.9 Å². The van der Waals surface area contributed by atoms with Crippen molar-refractivity contribution in [2.75, 3.05) is 6.54 Å². The van der Waals surface area contributed by atoms with E-state index in [-0.39, 0.29) is 0 Å². The summed E-state index contributed by atoms with van der Waals surface area (Å²) >= 11 is 1.72. The number of imidazole rings is 1. The van der Waals surface area contributed by atoms with E-state index in [1.807, 2.05) is 11.6 Å². The minimum atomic E-state index is 0.954. The lowest BCUT2D eigenvalue weighted by atomic mass is 10.1. The molecule has 3 heterocycles. The van der Waals surface area contributed by atoms with Crippen LogP contribution in [-0.2, 0) is 19.5 Å². The van der Waals surface area contributed by atoms with Crippen LogP contribution < -0.4 is 0 Å². The Labute approximate surface area is 92.0 Å². The highest BCUT2D eigenvalue weighted by molar-refractivity contribution is 7.09. The van der Waals surface area contributed by atoms with Crippen molar-refractivity contribution in [2.45, 2.75) is 19.5 Å². The summed E-state index contributed by atoms with van der Waals surface area (Å²) in [6, 6.07) is 0. The zero-order valence-corrected chi connectivity index (χ0v) is 9.13. The van der Waals surface area contributed by atoms with Crippen molar-refractivity contribution in [1.29, 1.82) is 0 Å². The standard InChI is InChI=1S/C10H12N4S/c1-3-14(6-10-11-2-4-15-10)5-9-8(1)12-7-13-9/h2,4,7H,1,3,5-6H2,(H,12,13). The smallest absolute Gasteiger partial charge is 0.107 e. The Balaban J connectivity index is 1.71. The average Bonchev–Trinajstić information content (AvgIpc) is 2.87. The number of hydrogen-bond donors (Lipinski definition) is 1. The van der Waals surface area contributed by atoms with E-state index in [0.29, 0.717) is 0 Å². The molecule has 0 bridgehead atoms. The van der Waals surface area contributed by atoms with Gasteiger partial charge in [-0.1, -0.05) is 0 Å². The van der Waals surface area contributed by atoms with Crippen LogP contribution in [-0.4, -0.2) is 26.4 Å². The molecule has 78 valence electrons. The molecular weight excluding hydrogens is 208 g/mol. The first-order chi connectivity index (χ1) is 7.42. The number of thiazole rings is 1. The molecule has 0 amide bonds. The summed E-state index contributed by atoms with van der Waals surface area (Å²) in [6.07, 6.45) is 4.70. The summed E-state index contributed by atoms with van der Waals surface area (Å²) in [4.78, 5) is 14.2. The van der Waals surface area contributed by atoms with E-state index < -0.39 is 0 Å². The summed E-state index contributed by atoms with van der Waals surface area (Å²) in [7, 11) is 0. The summed E-state index contributed by atoms with van der Waals surface area (Å²) in [5.74, 6) is 0. The second-order valence-electron chi connectivity index (χ2n) is 3.71. The minimum absolute atomic E-state index is 0.954. The molecule has 2 aromatic rings. The van der Waals surface area contributed by atoms with Crippen LogP contribution in [0, 0.1) is 0 Å². The number of rotatable bonds is 2. The predicted molar refractivity (Wildman–Crippen MR) is 58.5 cm³/mol. The van der Waals surface area contributed by atoms with Crippen molar-refractivity contribution < 1.29 is 0 Å². The van der Waals surface area contributed by atoms with Crippen molar-refractivity contribution in [1.82, 2.24) is 19.9 Å². The number of fused-ring (bicyclic) bond motifs is 1. The minimum Gasteiger partial charge on any atom is -0.347 e. The molecule has 0 atom stereocenters. The third kappa shape index (κ3) is 1.80. The maximum atomic E-state index is 4.30. The van der Waals surface area contributed by atoms with Crippen LogP contribution in [0.2, 0.25) is 0 Å². The van der Waals surface area contributed by atoms with Crippen LogP contribution >= 0.6 is 11.3 Å². The van der Waals surface area contributed by atoms with E-state index in [1.165, 1.54) is 16.4 Å². The van der Waals surface area contributed by atoms with Gasteiger partial charge in [-0.2, -0.15) is 0 Å². The first-order valence-electron chi connectivity index (χ1n) is 5.03. The van der Waals surface area contributed by atoms with Gasteiger partial charge >= 0.3 is 0 Å². The fraction of sp³-hybridized carbons (Fsp3) is 0.400. The number of nitrogens with one attached hydrogen (secondary N) is 1. The third-order valence-corrected chi connectivity index (χ3v) is 3.46. The molecule has 1 N–H and O–H groups in total. The first kappa shape index (κ1) is 9.06. The highest BCUT2D eigenvalue weighted by Gasteiger charge is 2.18. The molecule has 15 heavy (non-hydrogen) atoms. The van der Waals surface area contributed by atoms with Gasteiger partial charge in [-0.25, -0.2) is 9.97 Å². The Hall–Kier alpha value is -1.20. The normalized spacial score (nSPS) is 16.5. The van der Waals surface area contributed by atoms with Gasteiger partial charge in [0.15, 0.2) is 0 Å². The highest BCUT2D eigenvalue weighted by Crippen LogP contribution is 2.17. The maximum absolute atomic E-state index is 4.30. The molecule has 2 aromatic heterocycles. The molecule has 3 rings (SSSR count). The van der Waals surface area contributed by atoms with E-state index in [2.05, 4.69) is 19.9 Å². The van der Waals surface area contributed by atoms with E-state index in [4.69, 9.17) is 0 Å². The Morgan fingerprint density at radius 3 is 3.33 bits per heavy atom. The Bertz CT molecular complexity index is 434. The van der Waals surface area contributed by atoms with E-state index in [1.54, 1.807) is 17.7 Å². The van der Waals surface area contributed by atoms with Crippen LogP contribution in [0.5, 0.6) is 0 Å². The van der Waals surface area contributed by atoms with Gasteiger partial charge in [0.1, 0.15) is 5.01 Å². The SMILES string of the molecule is c1csc(CN2CCc3nc[nH]c3C2)n1. The number of hydrogen-bond acceptors (Lipinski definition) is 4. The summed E-state index contributed by atoms with van der Waals surface area (Å²) in [6.45, 7) is 3.00. The zero-order chi connectivity index (χ0) is 10.1. The lowest BCUT2D eigenvalue weighted by Gasteiger charge is -2.24. The van der Waals surface area contributed by atoms with E-state index in [9.17, 15) is 0 Å². The monoisotopic (exact) mass is 220 g/mol. The lowest BCUT2D eigenvalue weighted by molar-refractivity contribution is 0.241. The largest absolute Gasteiger partial charge is 0.347 e. The summed E-state index contributed by atoms with van der Waals surface area (Å²) in [5, 5.41) is 3.22. The van der Waals surface area contributed by atoms with Gasteiger partial charge in [-0.15, -0.1) is 11.3 Å². The molecule has 1 aliphatic heterocycles. The van der Waals surface area contributed by atoms with Crippen molar-refractivity contribution >= 4 is 11.3 Å². The van der Waals surface area contributed by atoms with Gasteiger partial charge in [0.2, 0.25) is 0 Å². The Kier molecular flexibility index (Phi) is 2.26. The molecule has 5 heteroatoms. The molecule has 0 radical (unpaired) electrons. The van der Waals surface area contributed by atoms with Crippen LogP contribution in [0.25, 0.3) is 0 Å². The third-order valence-electron chi connectivity index (χ3n) is 2.70. The molecular formula is C10H12N4S. The van der Waals surface area contributed by atoms with Crippen molar-refractivity contribution in [3.63, 3.8) is 0 Å². The van der Waals surface area contributed by atoms with E-state index in [0.717, 1.165) is 26.1 Å². The van der Waals surface area contributed by atoms with Crippen molar-refractivity contribution in [3.05, 3.63) is 34.3 Å². The fourth-order valence-corrected chi connectivity index (χ4v) is 2.58. The number of H-pyrrole nitrogens is 1. The summed E-state index contributed by atoms with van der Waals surface area (Å²) in [5.41, 5.74) is 2.49. The number of aromatic nitrogens is 3. The van der Waals surface area contributed by atoms with Gasteiger partial charge in [-0.05, 0) is 0 Å². The van der Waals surface area contributed by atoms with E-state index >= 15 is 0 Å². The molecule has 4 nitrogen and oxygen atoms in total. The second kappa shape index (κ2) is 3.75. The molecule has 0 saturated carbocycles. The maximum Gasteiger partial charge on any atom is 0.107 e. The molecule has 0 spiro atoms. The van der Waals surface area contributed by atoms with Gasteiger partial charge in [0, 0.05) is 31.1 Å². The van der Waals surface area contributed by atoms with Crippen molar-refractivity contribution in [2.24, 2.45) is 0 Å². The Morgan fingerprint density at radius 1 is 1.47 bits per heavy atom. The molecule has 1 aliphatic rings. The van der Waals surface area contributed by atoms with Crippen LogP contribution in [0.1, 0.15) is 16.4 Å². The average molecular weight is 220 g/mol. The molecule has 0 aliphatic carbocycles. The Morgan fingerprint density at radius 2 is 2.47 bits per heavy atom. The van der Waals surface area contributed by atoms with Gasteiger partial charge < -0.3 is 4.98 Å². The lowest BCUT2D eigenvalue weighted by Crippen LogP contribution is -2.30. The van der Waals surface area contributed by atoms with Crippen LogP contribution in [0.3, 0.4) is 0 Å². The predicted octanol–water partition coefficient (Wildman–Crippen LogP) is 1.42. The molecule has 0 fully saturated rings. The van der Waals surface area contributed by atoms with Gasteiger partial charge in [-0.3, -0.25) is 4.90 Å². The number of aromatic amines is 1. The van der Waals surface area contributed by atoms with Gasteiger partial charge in [0.05, 0.1) is 24.3 Å². The molecule has 0 aromatic carbocycles. The first-order valence-corrected chi connectivity index (χ1v) is 5.91. The van der Waals surface area contributed by atoms with Crippen molar-refractivity contribution in [3.8, 4) is 0 Å². The molecule has 0 saturated heterocycles.